The van der Waals surface area contributed by atoms with E-state index >= 15 is 0 Å². The van der Waals surface area contributed by atoms with Crippen molar-refractivity contribution in [3.8, 4) is 0 Å². The molecule has 2 aromatic heterocycles. The highest BCUT2D eigenvalue weighted by atomic mass is 35.5. The van der Waals surface area contributed by atoms with Gasteiger partial charge in [0.1, 0.15) is 11.8 Å². The van der Waals surface area contributed by atoms with E-state index in [9.17, 15) is 0 Å². The molecule has 1 N–H and O–H groups in total. The van der Waals surface area contributed by atoms with E-state index in [0.717, 1.165) is 50.9 Å². The molecule has 4 aromatic rings. The monoisotopic (exact) mass is 608 g/mol. The van der Waals surface area contributed by atoms with Gasteiger partial charge in [-0.25, -0.2) is 0 Å². The highest BCUT2D eigenvalue weighted by Crippen LogP contribution is 2.45. The van der Waals surface area contributed by atoms with E-state index in [0.29, 0.717) is 22.0 Å². The minimum absolute atomic E-state index is 0.199. The molecule has 0 radical (unpaired) electrons. The molecule has 6 rings (SSSR count). The van der Waals surface area contributed by atoms with Crippen LogP contribution >= 0.6 is 47.2 Å². The normalized spacial score (nSPS) is 22.9. The summed E-state index contributed by atoms with van der Waals surface area (Å²) in [5.41, 5.74) is 2.87. The number of benzene rings is 2. The smallest absolute Gasteiger partial charge is 0.174 e. The molecule has 0 aliphatic carbocycles. The topological polar surface area (TPSA) is 44.5 Å². The van der Waals surface area contributed by atoms with Gasteiger partial charge >= 0.3 is 0 Å². The number of anilines is 2. The number of thiocarbonyl (C=S) groups is 1. The summed E-state index contributed by atoms with van der Waals surface area (Å²) >= 11 is 20.5. The molecule has 40 heavy (non-hydrogen) atoms. The molecule has 0 bridgehead atoms. The Kier molecular flexibility index (Phi) is 8.00. The summed E-state index contributed by atoms with van der Waals surface area (Å²) in [6.07, 6.45) is 3.05. The maximum Gasteiger partial charge on any atom is 0.174 e. The SMILES string of the molecule is CC1CC(C)CN(c2ccc(N3C(=S)NC(c4ccccn4)C3c3ccc(Sc4ccc(Cl)cc4)o3)cc2Cl)C1. The van der Waals surface area contributed by atoms with Crippen LogP contribution in [0.2, 0.25) is 10.0 Å². The molecular weight excluding hydrogens is 579 g/mol. The molecule has 2 aliphatic heterocycles. The summed E-state index contributed by atoms with van der Waals surface area (Å²) in [5.74, 6) is 2.06. The first-order chi connectivity index (χ1) is 19.4. The molecule has 2 aromatic carbocycles. The molecule has 4 atom stereocenters. The Bertz CT molecular complexity index is 1490. The van der Waals surface area contributed by atoms with Crippen LogP contribution in [0, 0.1) is 11.8 Å². The number of hydrogen-bond donors (Lipinski definition) is 1. The van der Waals surface area contributed by atoms with E-state index in [1.807, 2.05) is 60.7 Å². The first-order valence-electron chi connectivity index (χ1n) is 13.4. The van der Waals surface area contributed by atoms with Crippen molar-refractivity contribution < 1.29 is 4.42 Å². The van der Waals surface area contributed by atoms with Crippen LogP contribution in [0.1, 0.15) is 43.8 Å². The highest BCUT2D eigenvalue weighted by molar-refractivity contribution is 7.99. The van der Waals surface area contributed by atoms with Crippen molar-refractivity contribution in [1.29, 1.82) is 0 Å². The van der Waals surface area contributed by atoms with E-state index in [4.69, 9.17) is 39.8 Å². The van der Waals surface area contributed by atoms with Crippen molar-refractivity contribution in [3.05, 3.63) is 100 Å². The van der Waals surface area contributed by atoms with Crippen LogP contribution < -0.4 is 15.1 Å². The fraction of sp³-hybridized carbons (Fsp3) is 0.290. The minimum atomic E-state index is -0.251. The summed E-state index contributed by atoms with van der Waals surface area (Å²) in [5, 5.41) is 6.32. The van der Waals surface area contributed by atoms with E-state index in [1.54, 1.807) is 18.0 Å². The molecule has 2 saturated heterocycles. The lowest BCUT2D eigenvalue weighted by Crippen LogP contribution is -2.38. The van der Waals surface area contributed by atoms with E-state index in [1.165, 1.54) is 6.42 Å². The van der Waals surface area contributed by atoms with Crippen LogP contribution in [0.4, 0.5) is 11.4 Å². The fourth-order valence-electron chi connectivity index (χ4n) is 5.85. The number of furan rings is 1. The summed E-state index contributed by atoms with van der Waals surface area (Å²) < 4.78 is 6.45. The Morgan fingerprint density at radius 1 is 0.975 bits per heavy atom. The van der Waals surface area contributed by atoms with E-state index in [2.05, 4.69) is 46.1 Å². The van der Waals surface area contributed by atoms with E-state index < -0.39 is 0 Å². The number of rotatable bonds is 6. The molecule has 2 aliphatic rings. The first-order valence-corrected chi connectivity index (χ1v) is 15.4. The molecule has 0 amide bonds. The van der Waals surface area contributed by atoms with Crippen molar-refractivity contribution in [2.45, 2.75) is 42.3 Å². The minimum Gasteiger partial charge on any atom is -0.452 e. The second-order valence-electron chi connectivity index (χ2n) is 10.7. The van der Waals surface area contributed by atoms with Crippen molar-refractivity contribution in [2.24, 2.45) is 11.8 Å². The van der Waals surface area contributed by atoms with E-state index in [-0.39, 0.29) is 12.1 Å². The molecule has 0 saturated carbocycles. The average molecular weight is 610 g/mol. The first kappa shape index (κ1) is 27.5. The Balaban J connectivity index is 1.34. The van der Waals surface area contributed by atoms with Gasteiger partial charge in [-0.3, -0.25) is 4.98 Å². The molecule has 206 valence electrons. The molecule has 4 heterocycles. The highest BCUT2D eigenvalue weighted by Gasteiger charge is 2.43. The molecular formula is C31H30Cl2N4OS2. The number of nitrogens with one attached hydrogen (secondary N) is 1. The summed E-state index contributed by atoms with van der Waals surface area (Å²) in [4.78, 5) is 10.2. The third-order valence-corrected chi connectivity index (χ3v) is 9.24. The Morgan fingerprint density at radius 2 is 1.75 bits per heavy atom. The largest absolute Gasteiger partial charge is 0.452 e. The fourth-order valence-corrected chi connectivity index (χ4v) is 7.40. The lowest BCUT2D eigenvalue weighted by molar-refractivity contribution is 0.357. The second-order valence-corrected chi connectivity index (χ2v) is 13.0. The molecule has 9 heteroatoms. The quantitative estimate of drug-likeness (QED) is 0.219. The zero-order chi connectivity index (χ0) is 27.8. The van der Waals surface area contributed by atoms with Gasteiger partial charge in [-0.15, -0.1) is 0 Å². The van der Waals surface area contributed by atoms with Crippen LogP contribution in [-0.4, -0.2) is 23.2 Å². The van der Waals surface area contributed by atoms with Crippen LogP contribution in [0.3, 0.4) is 0 Å². The Hall–Kier alpha value is -2.71. The number of halogens is 2. The van der Waals surface area contributed by atoms with Gasteiger partial charge in [0, 0.05) is 34.9 Å². The van der Waals surface area contributed by atoms with Crippen LogP contribution in [0.25, 0.3) is 0 Å². The number of pyridine rings is 1. The van der Waals surface area contributed by atoms with Gasteiger partial charge in [0.2, 0.25) is 0 Å². The van der Waals surface area contributed by atoms with Crippen LogP contribution in [0.5, 0.6) is 0 Å². The zero-order valence-corrected chi connectivity index (χ0v) is 25.4. The summed E-state index contributed by atoms with van der Waals surface area (Å²) in [7, 11) is 0. The lowest BCUT2D eigenvalue weighted by atomic mass is 9.91. The maximum absolute atomic E-state index is 6.96. The van der Waals surface area contributed by atoms with Crippen molar-refractivity contribution >= 4 is 63.7 Å². The average Bonchev–Trinajstić information content (AvgIpc) is 3.53. The predicted octanol–water partition coefficient (Wildman–Crippen LogP) is 8.79. The van der Waals surface area contributed by atoms with Crippen molar-refractivity contribution in [3.63, 3.8) is 0 Å². The molecule has 2 fully saturated rings. The van der Waals surface area contributed by atoms with Gasteiger partial charge in [0.25, 0.3) is 0 Å². The number of nitrogens with zero attached hydrogens (tertiary/aromatic N) is 3. The lowest BCUT2D eigenvalue weighted by Gasteiger charge is -2.37. The van der Waals surface area contributed by atoms with Crippen molar-refractivity contribution in [2.75, 3.05) is 22.9 Å². The predicted molar refractivity (Wildman–Crippen MR) is 169 cm³/mol. The van der Waals surface area contributed by atoms with Gasteiger partial charge in [-0.2, -0.15) is 0 Å². The van der Waals surface area contributed by atoms with Gasteiger partial charge < -0.3 is 19.5 Å². The second kappa shape index (κ2) is 11.6. The third-order valence-electron chi connectivity index (χ3n) is 7.44. The van der Waals surface area contributed by atoms with Crippen LogP contribution in [-0.2, 0) is 0 Å². The van der Waals surface area contributed by atoms with Gasteiger partial charge in [-0.05, 0) is 97.2 Å². The summed E-state index contributed by atoms with van der Waals surface area (Å²) in [6.45, 7) is 6.64. The Labute approximate surface area is 254 Å². The number of piperidine rings is 1. The maximum atomic E-state index is 6.96. The molecule has 0 spiro atoms. The number of hydrogen-bond acceptors (Lipinski definition) is 5. The molecule has 4 unspecified atom stereocenters. The zero-order valence-electron chi connectivity index (χ0n) is 22.3. The van der Waals surface area contributed by atoms with Gasteiger partial charge in [-0.1, -0.05) is 54.9 Å². The molecule has 5 nitrogen and oxygen atoms in total. The number of aromatic nitrogens is 1. The van der Waals surface area contributed by atoms with Crippen LogP contribution in [0.15, 0.2) is 93.4 Å². The third kappa shape index (κ3) is 5.70. The van der Waals surface area contributed by atoms with Gasteiger partial charge in [0.05, 0.1) is 22.4 Å². The van der Waals surface area contributed by atoms with Crippen molar-refractivity contribution in [1.82, 2.24) is 10.3 Å². The standard InChI is InChI=1S/C31H30Cl2N4OS2/c1-19-15-20(2)18-36(17-19)26-11-8-22(16-24(26)33)37-30(29(35-31(37)39)25-5-3-4-14-34-25)27-12-13-28(38-27)40-23-9-6-21(32)7-10-23/h3-14,16,19-20,29-30H,15,17-18H2,1-2H3,(H,35,39). The van der Waals surface area contributed by atoms with Gasteiger partial charge in [0.15, 0.2) is 10.2 Å². The summed E-state index contributed by atoms with van der Waals surface area (Å²) in [6, 6.07) is 23.5. The Morgan fingerprint density at radius 3 is 2.45 bits per heavy atom.